The van der Waals surface area contributed by atoms with E-state index in [-0.39, 0.29) is 17.6 Å². The van der Waals surface area contributed by atoms with E-state index in [2.05, 4.69) is 17.6 Å². The van der Waals surface area contributed by atoms with E-state index >= 15 is 0 Å². The first-order valence-corrected chi connectivity index (χ1v) is 10.4. The number of para-hydroxylation sites is 2. The van der Waals surface area contributed by atoms with Gasteiger partial charge in [-0.25, -0.2) is 0 Å². The van der Waals surface area contributed by atoms with Crippen LogP contribution in [-0.4, -0.2) is 16.9 Å². The summed E-state index contributed by atoms with van der Waals surface area (Å²) in [7, 11) is 0. The number of amides is 2. The van der Waals surface area contributed by atoms with Crippen LogP contribution < -0.4 is 10.6 Å². The minimum Gasteiger partial charge on any atom is -0.506 e. The van der Waals surface area contributed by atoms with Crippen LogP contribution in [-0.2, 0) is 12.8 Å². The number of hydrogen-bond donors (Lipinski definition) is 3. The highest BCUT2D eigenvalue weighted by atomic mass is 32.1. The molecular weight excluding hydrogens is 384 g/mol. The molecule has 1 aliphatic rings. The molecule has 0 bridgehead atoms. The zero-order chi connectivity index (χ0) is 20.4. The van der Waals surface area contributed by atoms with Crippen molar-refractivity contribution in [2.45, 2.75) is 26.2 Å². The van der Waals surface area contributed by atoms with Crippen LogP contribution in [0, 0.1) is 5.92 Å². The third kappa shape index (κ3) is 4.03. The smallest absolute Gasteiger partial charge is 0.259 e. The van der Waals surface area contributed by atoms with Gasteiger partial charge in [-0.2, -0.15) is 0 Å². The molecule has 148 valence electrons. The van der Waals surface area contributed by atoms with E-state index in [0.717, 1.165) is 29.7 Å². The van der Waals surface area contributed by atoms with Crippen molar-refractivity contribution < 1.29 is 14.7 Å². The van der Waals surface area contributed by atoms with Gasteiger partial charge in [-0.3, -0.25) is 9.59 Å². The van der Waals surface area contributed by atoms with Crippen LogP contribution in [0.5, 0.6) is 5.75 Å². The lowest BCUT2D eigenvalue weighted by Gasteiger charge is -2.18. The third-order valence-corrected chi connectivity index (χ3v) is 6.32. The molecule has 1 aromatic heterocycles. The predicted octanol–water partition coefficient (Wildman–Crippen LogP) is 5.08. The number of benzene rings is 2. The Hall–Kier alpha value is -3.12. The zero-order valence-electron chi connectivity index (χ0n) is 16.1. The van der Waals surface area contributed by atoms with Crippen molar-refractivity contribution in [2.75, 3.05) is 10.6 Å². The third-order valence-electron chi connectivity index (χ3n) is 5.15. The second-order valence-electron chi connectivity index (χ2n) is 7.35. The number of carbonyl (C=O) groups is 2. The van der Waals surface area contributed by atoms with Crippen molar-refractivity contribution in [1.29, 1.82) is 0 Å². The maximum atomic E-state index is 13.2. The van der Waals surface area contributed by atoms with E-state index in [1.807, 2.05) is 18.2 Å². The summed E-state index contributed by atoms with van der Waals surface area (Å²) in [4.78, 5) is 27.0. The van der Waals surface area contributed by atoms with Crippen LogP contribution in [0.4, 0.5) is 10.7 Å². The molecule has 0 aliphatic heterocycles. The summed E-state index contributed by atoms with van der Waals surface area (Å²) in [6, 6.07) is 15.6. The summed E-state index contributed by atoms with van der Waals surface area (Å²) in [5.74, 6) is -0.00267. The molecule has 3 aromatic rings. The number of rotatable bonds is 4. The van der Waals surface area contributed by atoms with Crippen LogP contribution >= 0.6 is 11.3 Å². The number of thiophene rings is 1. The van der Waals surface area contributed by atoms with Gasteiger partial charge in [0.05, 0.1) is 11.3 Å². The Balaban J connectivity index is 1.68. The number of anilines is 2. The maximum Gasteiger partial charge on any atom is 0.259 e. The Morgan fingerprint density at radius 1 is 1.00 bits per heavy atom. The average molecular weight is 407 g/mol. The minimum absolute atomic E-state index is 0.00782. The Labute approximate surface area is 173 Å². The Kier molecular flexibility index (Phi) is 5.36. The Bertz CT molecular complexity index is 1060. The molecule has 0 saturated carbocycles. The molecule has 0 fully saturated rings. The van der Waals surface area contributed by atoms with Crippen molar-refractivity contribution in [3.63, 3.8) is 0 Å². The summed E-state index contributed by atoms with van der Waals surface area (Å²) in [5, 5.41) is 16.3. The van der Waals surface area contributed by atoms with Gasteiger partial charge in [0, 0.05) is 10.4 Å². The van der Waals surface area contributed by atoms with E-state index in [9.17, 15) is 14.7 Å². The molecule has 0 radical (unpaired) electrons. The van der Waals surface area contributed by atoms with Gasteiger partial charge in [-0.05, 0) is 55.0 Å². The highest BCUT2D eigenvalue weighted by Gasteiger charge is 2.28. The number of hydrogen-bond acceptors (Lipinski definition) is 4. The van der Waals surface area contributed by atoms with E-state index < -0.39 is 0 Å². The summed E-state index contributed by atoms with van der Waals surface area (Å²) < 4.78 is 0. The van der Waals surface area contributed by atoms with Gasteiger partial charge in [-0.15, -0.1) is 11.3 Å². The van der Waals surface area contributed by atoms with E-state index in [0.29, 0.717) is 27.7 Å². The number of aromatic hydroxyl groups is 1. The SMILES string of the molecule is CC1CCc2c(sc(NC(=O)c3ccccc3)c2C(=O)Nc2ccccc2O)C1. The van der Waals surface area contributed by atoms with E-state index in [1.54, 1.807) is 30.3 Å². The van der Waals surface area contributed by atoms with Crippen molar-refractivity contribution in [1.82, 2.24) is 0 Å². The first-order valence-electron chi connectivity index (χ1n) is 9.63. The second-order valence-corrected chi connectivity index (χ2v) is 8.45. The van der Waals surface area contributed by atoms with Gasteiger partial charge in [0.15, 0.2) is 0 Å². The molecule has 4 rings (SSSR count). The molecule has 1 atom stereocenters. The van der Waals surface area contributed by atoms with Crippen LogP contribution in [0.15, 0.2) is 54.6 Å². The monoisotopic (exact) mass is 406 g/mol. The quantitative estimate of drug-likeness (QED) is 0.529. The molecule has 3 N–H and O–H groups in total. The second kappa shape index (κ2) is 8.09. The van der Waals surface area contributed by atoms with Crippen molar-refractivity contribution in [3.05, 3.63) is 76.2 Å². The maximum absolute atomic E-state index is 13.2. The molecule has 2 aromatic carbocycles. The molecule has 1 aliphatic carbocycles. The van der Waals surface area contributed by atoms with Crippen LogP contribution in [0.1, 0.15) is 44.5 Å². The predicted molar refractivity (Wildman–Crippen MR) is 116 cm³/mol. The molecule has 1 heterocycles. The van der Waals surface area contributed by atoms with Crippen molar-refractivity contribution >= 4 is 33.8 Å². The summed E-state index contributed by atoms with van der Waals surface area (Å²) in [5.41, 5.74) is 2.40. The largest absolute Gasteiger partial charge is 0.506 e. The number of carbonyl (C=O) groups excluding carboxylic acids is 2. The summed E-state index contributed by atoms with van der Waals surface area (Å²) in [6.45, 7) is 2.20. The number of nitrogens with one attached hydrogen (secondary N) is 2. The Morgan fingerprint density at radius 2 is 1.72 bits per heavy atom. The standard InChI is InChI=1S/C23H22N2O3S/c1-14-11-12-16-19(13-14)29-23(25-21(27)15-7-3-2-4-8-15)20(16)22(28)24-17-9-5-6-10-18(17)26/h2-10,14,26H,11-13H2,1H3,(H,24,28)(H,25,27). The molecule has 29 heavy (non-hydrogen) atoms. The fourth-order valence-corrected chi connectivity index (χ4v) is 5.01. The van der Waals surface area contributed by atoms with Crippen LogP contribution in [0.2, 0.25) is 0 Å². The first-order chi connectivity index (χ1) is 14.0. The normalized spacial score (nSPS) is 15.4. The molecule has 0 spiro atoms. The van der Waals surface area contributed by atoms with Gasteiger partial charge in [0.25, 0.3) is 11.8 Å². The molecule has 1 unspecified atom stereocenters. The lowest BCUT2D eigenvalue weighted by molar-refractivity contribution is 0.102. The summed E-state index contributed by atoms with van der Waals surface area (Å²) >= 11 is 1.48. The molecular formula is C23H22N2O3S. The molecule has 6 heteroatoms. The van der Waals surface area contributed by atoms with Gasteiger partial charge in [-0.1, -0.05) is 37.3 Å². The van der Waals surface area contributed by atoms with E-state index in [4.69, 9.17) is 0 Å². The topological polar surface area (TPSA) is 78.4 Å². The first kappa shape index (κ1) is 19.2. The average Bonchev–Trinajstić information content (AvgIpc) is 3.07. The number of fused-ring (bicyclic) bond motifs is 1. The number of phenolic OH excluding ortho intramolecular Hbond substituents is 1. The lowest BCUT2D eigenvalue weighted by atomic mass is 9.88. The lowest BCUT2D eigenvalue weighted by Crippen LogP contribution is -2.19. The zero-order valence-corrected chi connectivity index (χ0v) is 16.9. The van der Waals surface area contributed by atoms with Crippen LogP contribution in [0.3, 0.4) is 0 Å². The van der Waals surface area contributed by atoms with Gasteiger partial charge in [0.1, 0.15) is 10.8 Å². The molecule has 5 nitrogen and oxygen atoms in total. The van der Waals surface area contributed by atoms with Crippen molar-refractivity contribution in [2.24, 2.45) is 5.92 Å². The van der Waals surface area contributed by atoms with Gasteiger partial charge >= 0.3 is 0 Å². The number of phenols is 1. The van der Waals surface area contributed by atoms with E-state index in [1.165, 1.54) is 17.4 Å². The Morgan fingerprint density at radius 3 is 2.48 bits per heavy atom. The van der Waals surface area contributed by atoms with Crippen molar-refractivity contribution in [3.8, 4) is 5.75 Å². The van der Waals surface area contributed by atoms with Gasteiger partial charge in [0.2, 0.25) is 0 Å². The summed E-state index contributed by atoms with van der Waals surface area (Å²) in [6.07, 6.45) is 2.71. The molecule has 0 saturated heterocycles. The minimum atomic E-state index is -0.318. The van der Waals surface area contributed by atoms with Gasteiger partial charge < -0.3 is 15.7 Å². The molecule has 2 amide bonds. The highest BCUT2D eigenvalue weighted by molar-refractivity contribution is 7.17. The fourth-order valence-electron chi connectivity index (χ4n) is 3.61. The highest BCUT2D eigenvalue weighted by Crippen LogP contribution is 2.40. The fraction of sp³-hybridized carbons (Fsp3) is 0.217. The van der Waals surface area contributed by atoms with Crippen LogP contribution in [0.25, 0.3) is 0 Å².